The number of aromatic amines is 1. The molecule has 0 unspecified atom stereocenters. The molecule has 2 N–H and O–H groups in total. The molecule has 4 aromatic heterocycles. The molecule has 5 rings (SSSR count). The number of furan rings is 1. The first-order valence-corrected chi connectivity index (χ1v) is 8.03. The third kappa shape index (κ3) is 2.34. The van der Waals surface area contributed by atoms with Gasteiger partial charge in [0.15, 0.2) is 0 Å². The maximum atomic E-state index is 12.6. The molecule has 0 saturated heterocycles. The molecule has 5 aromatic rings. The summed E-state index contributed by atoms with van der Waals surface area (Å²) < 4.78 is 6.99. The van der Waals surface area contributed by atoms with Crippen LogP contribution >= 0.6 is 0 Å². The van der Waals surface area contributed by atoms with Gasteiger partial charge in [0, 0.05) is 40.8 Å². The first-order valence-electron chi connectivity index (χ1n) is 8.03. The Morgan fingerprint density at radius 3 is 3.00 bits per heavy atom. The van der Waals surface area contributed by atoms with Crippen LogP contribution in [0.3, 0.4) is 0 Å². The highest BCUT2D eigenvalue weighted by Crippen LogP contribution is 2.28. The van der Waals surface area contributed by atoms with Crippen molar-refractivity contribution in [2.24, 2.45) is 0 Å². The summed E-state index contributed by atoms with van der Waals surface area (Å²) in [4.78, 5) is 16.8. The Morgan fingerprint density at radius 2 is 2.12 bits per heavy atom. The van der Waals surface area contributed by atoms with Crippen LogP contribution in [-0.2, 0) is 0 Å². The van der Waals surface area contributed by atoms with Crippen molar-refractivity contribution in [2.75, 3.05) is 5.32 Å². The Hall–Kier alpha value is -3.87. The summed E-state index contributed by atoms with van der Waals surface area (Å²) in [6, 6.07) is 11.0. The van der Waals surface area contributed by atoms with Crippen LogP contribution < -0.4 is 5.32 Å². The zero-order chi connectivity index (χ0) is 17.5. The molecule has 1 aromatic carbocycles. The van der Waals surface area contributed by atoms with Gasteiger partial charge in [0.25, 0.3) is 5.91 Å². The molecule has 0 aliphatic carbocycles. The van der Waals surface area contributed by atoms with Gasteiger partial charge in [0.2, 0.25) is 0 Å². The number of carbonyl (C=O) groups is 1. The number of nitrogens with one attached hydrogen (secondary N) is 2. The minimum absolute atomic E-state index is 0.191. The molecule has 1 amide bonds. The van der Waals surface area contributed by atoms with Gasteiger partial charge in [-0.2, -0.15) is 5.10 Å². The number of pyridine rings is 1. The molecular weight excluding hydrogens is 330 g/mol. The molecule has 26 heavy (non-hydrogen) atoms. The predicted molar refractivity (Wildman–Crippen MR) is 96.9 cm³/mol. The van der Waals surface area contributed by atoms with E-state index in [-0.39, 0.29) is 5.91 Å². The fraction of sp³-hybridized carbons (Fsp3) is 0. The lowest BCUT2D eigenvalue weighted by Gasteiger charge is -2.06. The van der Waals surface area contributed by atoms with Crippen LogP contribution in [0.5, 0.6) is 0 Å². The Balaban J connectivity index is 1.48. The molecule has 0 spiro atoms. The van der Waals surface area contributed by atoms with E-state index < -0.39 is 0 Å². The number of fused-ring (bicyclic) bond motifs is 2. The van der Waals surface area contributed by atoms with Crippen LogP contribution in [0, 0.1) is 0 Å². The Kier molecular flexibility index (Phi) is 3.11. The highest BCUT2D eigenvalue weighted by atomic mass is 16.3. The molecule has 4 heterocycles. The fourth-order valence-electron chi connectivity index (χ4n) is 2.97. The first kappa shape index (κ1) is 14.5. The van der Waals surface area contributed by atoms with E-state index in [0.717, 1.165) is 27.8 Å². The minimum Gasteiger partial charge on any atom is -0.472 e. The highest BCUT2D eigenvalue weighted by Gasteiger charge is 2.12. The highest BCUT2D eigenvalue weighted by molar-refractivity contribution is 6.06. The number of rotatable bonds is 3. The molecule has 7 heteroatoms. The maximum Gasteiger partial charge on any atom is 0.255 e. The van der Waals surface area contributed by atoms with Crippen molar-refractivity contribution in [1.29, 1.82) is 0 Å². The largest absolute Gasteiger partial charge is 0.472 e. The third-order valence-corrected chi connectivity index (χ3v) is 4.28. The zero-order valence-electron chi connectivity index (χ0n) is 13.5. The van der Waals surface area contributed by atoms with Crippen molar-refractivity contribution in [3.8, 4) is 11.3 Å². The molecule has 7 nitrogen and oxygen atoms in total. The second-order valence-corrected chi connectivity index (χ2v) is 5.91. The van der Waals surface area contributed by atoms with Gasteiger partial charge in [-0.25, -0.2) is 4.98 Å². The number of H-pyrrole nitrogens is 1. The van der Waals surface area contributed by atoms with E-state index in [4.69, 9.17) is 4.42 Å². The van der Waals surface area contributed by atoms with Crippen LogP contribution in [0.15, 0.2) is 71.9 Å². The van der Waals surface area contributed by atoms with Crippen molar-refractivity contribution >= 4 is 28.1 Å². The van der Waals surface area contributed by atoms with E-state index in [1.165, 1.54) is 0 Å². The fourth-order valence-corrected chi connectivity index (χ4v) is 2.97. The smallest absolute Gasteiger partial charge is 0.255 e. The normalized spacial score (nSPS) is 11.2. The van der Waals surface area contributed by atoms with Crippen LogP contribution in [0.2, 0.25) is 0 Å². The number of carbonyl (C=O) groups excluding carboxylic acids is 1. The van der Waals surface area contributed by atoms with Gasteiger partial charge in [0.05, 0.1) is 18.0 Å². The molecule has 126 valence electrons. The second kappa shape index (κ2) is 5.59. The summed E-state index contributed by atoms with van der Waals surface area (Å²) in [7, 11) is 0. The van der Waals surface area contributed by atoms with Crippen LogP contribution in [-0.4, -0.2) is 25.5 Å². The van der Waals surface area contributed by atoms with E-state index in [1.807, 2.05) is 41.1 Å². The summed E-state index contributed by atoms with van der Waals surface area (Å²) in [5.41, 5.74) is 4.51. The predicted octanol–water partition coefficient (Wildman–Crippen LogP) is 3.72. The van der Waals surface area contributed by atoms with E-state index >= 15 is 0 Å². The first-order chi connectivity index (χ1) is 12.8. The molecule has 0 radical (unpaired) electrons. The average molecular weight is 343 g/mol. The number of benzene rings is 1. The molecule has 0 bridgehead atoms. The second-order valence-electron chi connectivity index (χ2n) is 5.91. The summed E-state index contributed by atoms with van der Waals surface area (Å²) in [6.07, 6.45) is 8.59. The lowest BCUT2D eigenvalue weighted by molar-refractivity contribution is 0.102. The van der Waals surface area contributed by atoms with Crippen molar-refractivity contribution in [1.82, 2.24) is 19.6 Å². The third-order valence-electron chi connectivity index (χ3n) is 4.28. The van der Waals surface area contributed by atoms with Gasteiger partial charge in [0.1, 0.15) is 11.3 Å². The minimum atomic E-state index is -0.191. The summed E-state index contributed by atoms with van der Waals surface area (Å²) in [5.74, 6) is -0.191. The lowest BCUT2D eigenvalue weighted by Crippen LogP contribution is -2.12. The monoisotopic (exact) mass is 343 g/mol. The van der Waals surface area contributed by atoms with Gasteiger partial charge in [-0.15, -0.1) is 0 Å². The van der Waals surface area contributed by atoms with Crippen LogP contribution in [0.1, 0.15) is 10.4 Å². The summed E-state index contributed by atoms with van der Waals surface area (Å²) in [5, 5.41) is 11.2. The molecule has 0 fully saturated rings. The lowest BCUT2D eigenvalue weighted by atomic mass is 10.1. The van der Waals surface area contributed by atoms with Crippen LogP contribution in [0.4, 0.5) is 5.69 Å². The number of imidazole rings is 1. The van der Waals surface area contributed by atoms with E-state index in [1.54, 1.807) is 30.9 Å². The van der Waals surface area contributed by atoms with E-state index in [9.17, 15) is 4.79 Å². The van der Waals surface area contributed by atoms with Gasteiger partial charge < -0.3 is 14.1 Å². The number of nitrogens with zero attached hydrogens (tertiary/aromatic N) is 3. The molecular formula is C19H13N5O2. The Bertz CT molecular complexity index is 1230. The van der Waals surface area contributed by atoms with Crippen molar-refractivity contribution < 1.29 is 9.21 Å². The van der Waals surface area contributed by atoms with Gasteiger partial charge >= 0.3 is 0 Å². The summed E-state index contributed by atoms with van der Waals surface area (Å²) in [6.45, 7) is 0. The number of hydrogen-bond donors (Lipinski definition) is 2. The van der Waals surface area contributed by atoms with Crippen molar-refractivity contribution in [2.45, 2.75) is 0 Å². The molecule has 0 aliphatic heterocycles. The Morgan fingerprint density at radius 1 is 1.15 bits per heavy atom. The molecule has 0 aliphatic rings. The number of hydrogen-bond acceptors (Lipinski definition) is 4. The summed E-state index contributed by atoms with van der Waals surface area (Å²) >= 11 is 0. The van der Waals surface area contributed by atoms with Crippen LogP contribution in [0.25, 0.3) is 27.8 Å². The van der Waals surface area contributed by atoms with Gasteiger partial charge in [-0.05, 0) is 36.4 Å². The van der Waals surface area contributed by atoms with Crippen molar-refractivity contribution in [3.05, 3.63) is 73.1 Å². The maximum absolute atomic E-state index is 12.6. The SMILES string of the molecule is O=C(Nc1ccc2[nH]nc(-c3ccoc3)c2c1)c1ccn2ccnc2c1. The Labute approximate surface area is 147 Å². The van der Waals surface area contributed by atoms with Gasteiger partial charge in [-0.3, -0.25) is 9.89 Å². The number of anilines is 1. The molecule has 0 atom stereocenters. The standard InChI is InChI=1S/C19H13N5O2/c25-19(12-3-6-24-7-5-20-17(24)9-12)21-14-1-2-16-15(10-14)18(23-22-16)13-4-8-26-11-13/h1-11H,(H,21,25)(H,22,23). The van der Waals surface area contributed by atoms with E-state index in [2.05, 4.69) is 20.5 Å². The zero-order valence-corrected chi connectivity index (χ0v) is 13.5. The molecule has 0 saturated carbocycles. The number of amides is 1. The quantitative estimate of drug-likeness (QED) is 0.522. The van der Waals surface area contributed by atoms with Crippen molar-refractivity contribution in [3.63, 3.8) is 0 Å². The van der Waals surface area contributed by atoms with Gasteiger partial charge in [-0.1, -0.05) is 0 Å². The number of aromatic nitrogens is 4. The average Bonchev–Trinajstić information content (AvgIpc) is 3.40. The topological polar surface area (TPSA) is 88.2 Å². The van der Waals surface area contributed by atoms with E-state index in [0.29, 0.717) is 11.3 Å².